The topological polar surface area (TPSA) is 59.4 Å². The number of ether oxygens (including phenoxy) is 1. The van der Waals surface area contributed by atoms with Crippen LogP contribution in [0.5, 0.6) is 11.6 Å². The average Bonchev–Trinajstić information content (AvgIpc) is 2.48. The Morgan fingerprint density at radius 3 is 2.35 bits per heavy atom. The average molecular weight is 329 g/mol. The highest BCUT2D eigenvalue weighted by atomic mass is 19.4. The van der Waals surface area contributed by atoms with Crippen molar-refractivity contribution >= 4 is 5.97 Å². The molecule has 2 aromatic rings. The van der Waals surface area contributed by atoms with Gasteiger partial charge in [0, 0.05) is 6.20 Å². The van der Waals surface area contributed by atoms with Gasteiger partial charge in [-0.05, 0) is 30.7 Å². The van der Waals surface area contributed by atoms with E-state index in [0.29, 0.717) is 0 Å². The lowest BCUT2D eigenvalue weighted by atomic mass is 10.0. The van der Waals surface area contributed by atoms with Crippen LogP contribution in [-0.4, -0.2) is 22.2 Å². The van der Waals surface area contributed by atoms with E-state index in [4.69, 9.17) is 9.84 Å². The van der Waals surface area contributed by atoms with Crippen LogP contribution in [-0.2, 0) is 0 Å². The second kappa shape index (κ2) is 6.23. The van der Waals surface area contributed by atoms with Crippen molar-refractivity contribution in [2.75, 3.05) is 0 Å². The number of carbonyl (C=O) groups is 1. The molecule has 0 aliphatic heterocycles. The molecule has 122 valence electrons. The maximum Gasteiger partial charge on any atom is 0.395 e. The van der Waals surface area contributed by atoms with Crippen LogP contribution in [0.2, 0.25) is 0 Å². The summed E-state index contributed by atoms with van der Waals surface area (Å²) >= 11 is 0. The number of benzene rings is 1. The van der Waals surface area contributed by atoms with Gasteiger partial charge in [-0.3, -0.25) is 0 Å². The predicted octanol–water partition coefficient (Wildman–Crippen LogP) is 4.38. The summed E-state index contributed by atoms with van der Waals surface area (Å²) < 4.78 is 56.6. The lowest BCUT2D eigenvalue weighted by Gasteiger charge is -2.16. The number of hydrogen-bond donors (Lipinski definition) is 1. The van der Waals surface area contributed by atoms with Crippen molar-refractivity contribution in [1.82, 2.24) is 4.98 Å². The summed E-state index contributed by atoms with van der Waals surface area (Å²) in [6.45, 7) is 1.03. The smallest absolute Gasteiger partial charge is 0.395 e. The lowest BCUT2D eigenvalue weighted by molar-refractivity contribution is -0.146. The Bertz CT molecular complexity index is 714. The molecule has 1 atom stereocenters. The molecule has 1 aromatic heterocycles. The maximum atomic E-state index is 13.7. The Balaban J connectivity index is 2.17. The summed E-state index contributed by atoms with van der Waals surface area (Å²) in [5, 5.41) is 8.70. The van der Waals surface area contributed by atoms with Gasteiger partial charge in [-0.25, -0.2) is 14.2 Å². The van der Waals surface area contributed by atoms with Crippen LogP contribution in [0.25, 0.3) is 0 Å². The second-order valence-corrected chi connectivity index (χ2v) is 4.75. The molecule has 0 bridgehead atoms. The van der Waals surface area contributed by atoms with Crippen LogP contribution in [0, 0.1) is 5.82 Å². The van der Waals surface area contributed by atoms with E-state index in [9.17, 15) is 22.4 Å². The minimum Gasteiger partial charge on any atom is -0.478 e. The van der Waals surface area contributed by atoms with Crippen molar-refractivity contribution in [3.63, 3.8) is 0 Å². The van der Waals surface area contributed by atoms with E-state index in [-0.39, 0.29) is 16.9 Å². The van der Waals surface area contributed by atoms with Gasteiger partial charge < -0.3 is 9.84 Å². The number of rotatable bonds is 4. The molecule has 0 spiro atoms. The molecular formula is C15H11F4NO3. The first kappa shape index (κ1) is 16.7. The van der Waals surface area contributed by atoms with Crippen LogP contribution in [0.15, 0.2) is 36.5 Å². The number of hydrogen-bond acceptors (Lipinski definition) is 3. The SMILES string of the molecule is CC(c1ccc(Oc2ncc(C(=O)O)cc2F)cc1)C(F)(F)F. The van der Waals surface area contributed by atoms with E-state index in [0.717, 1.165) is 19.2 Å². The molecule has 1 aromatic carbocycles. The molecule has 0 amide bonds. The van der Waals surface area contributed by atoms with Crippen LogP contribution < -0.4 is 4.74 Å². The first-order valence-corrected chi connectivity index (χ1v) is 6.42. The van der Waals surface area contributed by atoms with Crippen molar-refractivity contribution in [1.29, 1.82) is 0 Å². The predicted molar refractivity (Wildman–Crippen MR) is 72.1 cm³/mol. The number of halogens is 4. The van der Waals surface area contributed by atoms with Crippen LogP contribution >= 0.6 is 0 Å². The zero-order valence-corrected chi connectivity index (χ0v) is 11.8. The minimum atomic E-state index is -4.36. The molecule has 0 radical (unpaired) electrons. The van der Waals surface area contributed by atoms with Gasteiger partial charge in [0.15, 0.2) is 5.82 Å². The molecule has 1 unspecified atom stereocenters. The molecule has 0 aliphatic carbocycles. The fourth-order valence-corrected chi connectivity index (χ4v) is 1.74. The zero-order valence-electron chi connectivity index (χ0n) is 11.8. The Labute approximate surface area is 128 Å². The monoisotopic (exact) mass is 329 g/mol. The summed E-state index contributed by atoms with van der Waals surface area (Å²) in [6, 6.07) is 5.69. The van der Waals surface area contributed by atoms with Crippen molar-refractivity contribution < 1.29 is 32.2 Å². The van der Waals surface area contributed by atoms with Gasteiger partial charge in [-0.2, -0.15) is 13.2 Å². The number of pyridine rings is 1. The van der Waals surface area contributed by atoms with Gasteiger partial charge >= 0.3 is 12.1 Å². The highest BCUT2D eigenvalue weighted by molar-refractivity contribution is 5.87. The molecule has 1 heterocycles. The molecular weight excluding hydrogens is 318 g/mol. The normalized spacial score (nSPS) is 12.7. The number of nitrogens with zero attached hydrogens (tertiary/aromatic N) is 1. The van der Waals surface area contributed by atoms with E-state index in [1.54, 1.807) is 0 Å². The first-order chi connectivity index (χ1) is 10.7. The third-order valence-electron chi connectivity index (χ3n) is 3.14. The van der Waals surface area contributed by atoms with Crippen molar-refractivity contribution in [3.05, 3.63) is 53.5 Å². The maximum absolute atomic E-state index is 13.7. The van der Waals surface area contributed by atoms with Gasteiger partial charge in [-0.15, -0.1) is 0 Å². The Morgan fingerprint density at radius 1 is 1.26 bits per heavy atom. The minimum absolute atomic E-state index is 0.0412. The third kappa shape index (κ3) is 3.97. The van der Waals surface area contributed by atoms with Gasteiger partial charge in [0.05, 0.1) is 11.5 Å². The fraction of sp³-hybridized carbons (Fsp3) is 0.200. The zero-order chi connectivity index (χ0) is 17.2. The number of carboxylic acids is 1. The Morgan fingerprint density at radius 2 is 1.87 bits per heavy atom. The van der Waals surface area contributed by atoms with Crippen LogP contribution in [0.4, 0.5) is 17.6 Å². The van der Waals surface area contributed by atoms with Crippen molar-refractivity contribution in [2.45, 2.75) is 19.0 Å². The molecule has 0 aliphatic rings. The number of alkyl halides is 3. The molecule has 0 saturated heterocycles. The summed E-state index contributed by atoms with van der Waals surface area (Å²) in [7, 11) is 0. The largest absolute Gasteiger partial charge is 0.478 e. The number of aromatic nitrogens is 1. The van der Waals surface area contributed by atoms with E-state index in [2.05, 4.69) is 4.98 Å². The fourth-order valence-electron chi connectivity index (χ4n) is 1.74. The van der Waals surface area contributed by atoms with Crippen molar-refractivity contribution in [2.24, 2.45) is 0 Å². The highest BCUT2D eigenvalue weighted by Gasteiger charge is 2.36. The molecule has 23 heavy (non-hydrogen) atoms. The van der Waals surface area contributed by atoms with E-state index in [1.807, 2.05) is 0 Å². The second-order valence-electron chi connectivity index (χ2n) is 4.75. The first-order valence-electron chi connectivity index (χ1n) is 6.42. The lowest BCUT2D eigenvalue weighted by Crippen LogP contribution is -2.17. The summed E-state index contributed by atoms with van der Waals surface area (Å²) in [6.07, 6.45) is -3.44. The molecule has 8 heteroatoms. The van der Waals surface area contributed by atoms with Gasteiger partial charge in [-0.1, -0.05) is 12.1 Å². The van der Waals surface area contributed by atoms with E-state index < -0.39 is 29.8 Å². The summed E-state index contributed by atoms with van der Waals surface area (Å²) in [4.78, 5) is 14.2. The van der Waals surface area contributed by atoms with Crippen molar-refractivity contribution in [3.8, 4) is 11.6 Å². The molecule has 0 saturated carbocycles. The summed E-state index contributed by atoms with van der Waals surface area (Å²) in [5.41, 5.74) is -0.302. The highest BCUT2D eigenvalue weighted by Crippen LogP contribution is 2.35. The van der Waals surface area contributed by atoms with E-state index >= 15 is 0 Å². The molecule has 0 fully saturated rings. The Hall–Kier alpha value is -2.64. The van der Waals surface area contributed by atoms with Gasteiger partial charge in [0.2, 0.25) is 0 Å². The third-order valence-corrected chi connectivity index (χ3v) is 3.14. The number of aromatic carboxylic acids is 1. The quantitative estimate of drug-likeness (QED) is 0.846. The van der Waals surface area contributed by atoms with Crippen LogP contribution in [0.1, 0.15) is 28.8 Å². The van der Waals surface area contributed by atoms with E-state index in [1.165, 1.54) is 24.3 Å². The van der Waals surface area contributed by atoms with Gasteiger partial charge in [0.25, 0.3) is 5.88 Å². The van der Waals surface area contributed by atoms with Crippen LogP contribution in [0.3, 0.4) is 0 Å². The molecule has 1 N–H and O–H groups in total. The number of carboxylic acid groups (broad SMARTS) is 1. The van der Waals surface area contributed by atoms with Gasteiger partial charge in [0.1, 0.15) is 5.75 Å². The standard InChI is InChI=1S/C15H11F4NO3/c1-8(15(17,18)19)9-2-4-11(5-3-9)23-13-12(16)6-10(7-20-13)14(21)22/h2-8H,1H3,(H,21,22). The molecule has 2 rings (SSSR count). The summed E-state index contributed by atoms with van der Waals surface area (Å²) in [5.74, 6) is -4.35. The molecule has 4 nitrogen and oxygen atoms in total. The Kier molecular flexibility index (Phi) is 4.53.